The van der Waals surface area contributed by atoms with Gasteiger partial charge in [-0.3, -0.25) is 0 Å². The molecular weight excluding hydrogens is 409 g/mol. The minimum absolute atomic E-state index is 0.0900. The van der Waals surface area contributed by atoms with Gasteiger partial charge >= 0.3 is 6.61 Å². The second-order valence-electron chi connectivity index (χ2n) is 7.26. The lowest BCUT2D eigenvalue weighted by atomic mass is 9.93. The highest BCUT2D eigenvalue weighted by molar-refractivity contribution is 5.87. The predicted octanol–water partition coefficient (Wildman–Crippen LogP) is 3.87. The third-order valence-electron chi connectivity index (χ3n) is 5.42. The number of aryl methyl sites for hydroxylation is 1. The van der Waals surface area contributed by atoms with Gasteiger partial charge in [0.2, 0.25) is 5.95 Å². The number of benzene rings is 1. The molecule has 2 aromatic heterocycles. The molecule has 31 heavy (non-hydrogen) atoms. The molecule has 1 aromatic carbocycles. The van der Waals surface area contributed by atoms with E-state index in [9.17, 15) is 18.4 Å². The molecule has 0 bridgehead atoms. The Balaban J connectivity index is 1.75. The van der Waals surface area contributed by atoms with Crippen molar-refractivity contribution in [1.82, 2.24) is 19.7 Å². The van der Waals surface area contributed by atoms with Crippen molar-refractivity contribution in [2.45, 2.75) is 25.4 Å². The largest absolute Gasteiger partial charge is 0.434 e. The molecule has 0 spiro atoms. The molecule has 3 heterocycles. The molecule has 3 aromatic rings. The number of alkyl halides is 2. The maximum absolute atomic E-state index is 13.4. The van der Waals surface area contributed by atoms with Crippen LogP contribution in [0.5, 0.6) is 5.75 Å². The fourth-order valence-corrected chi connectivity index (χ4v) is 4.01. The molecule has 0 unspecified atom stereocenters. The maximum atomic E-state index is 13.4. The zero-order chi connectivity index (χ0) is 22.0. The van der Waals surface area contributed by atoms with Gasteiger partial charge in [0.05, 0.1) is 16.8 Å². The van der Waals surface area contributed by atoms with Crippen molar-refractivity contribution in [1.29, 1.82) is 5.26 Å². The molecule has 7 nitrogen and oxygen atoms in total. The first-order chi connectivity index (χ1) is 15.0. The molecule has 1 aliphatic heterocycles. The minimum atomic E-state index is -3.05. The summed E-state index contributed by atoms with van der Waals surface area (Å²) in [5, 5.41) is 17.8. The summed E-state index contributed by atoms with van der Waals surface area (Å²) in [6.07, 6.45) is 4.40. The number of halogens is 3. The molecule has 0 radical (unpaired) electrons. The van der Waals surface area contributed by atoms with E-state index in [4.69, 9.17) is 4.74 Å². The third kappa shape index (κ3) is 4.17. The minimum Gasteiger partial charge on any atom is -0.434 e. The zero-order valence-electron chi connectivity index (χ0n) is 16.7. The maximum Gasteiger partial charge on any atom is 0.387 e. The highest BCUT2D eigenvalue weighted by Crippen LogP contribution is 2.43. The van der Waals surface area contributed by atoms with Gasteiger partial charge in [-0.25, -0.2) is 4.98 Å². The van der Waals surface area contributed by atoms with Crippen LogP contribution in [0.3, 0.4) is 0 Å². The van der Waals surface area contributed by atoms with Crippen molar-refractivity contribution in [3.8, 4) is 22.9 Å². The van der Waals surface area contributed by atoms with Crippen LogP contribution in [0.25, 0.3) is 11.1 Å². The third-order valence-corrected chi connectivity index (χ3v) is 5.42. The van der Waals surface area contributed by atoms with Gasteiger partial charge in [0.15, 0.2) is 0 Å². The van der Waals surface area contributed by atoms with Crippen LogP contribution in [-0.2, 0) is 7.05 Å². The van der Waals surface area contributed by atoms with Gasteiger partial charge in [-0.1, -0.05) is 0 Å². The summed E-state index contributed by atoms with van der Waals surface area (Å²) in [6.45, 7) is -1.90. The van der Waals surface area contributed by atoms with E-state index < -0.39 is 12.6 Å². The SMILES string of the molecule is Cn1cnnc1C1CCN(c2c(C#N)ccc(OC(F)F)c2-c2ccc(F)nc2)CC1. The molecule has 10 heteroatoms. The van der Waals surface area contributed by atoms with E-state index in [-0.39, 0.29) is 11.7 Å². The van der Waals surface area contributed by atoms with E-state index in [1.54, 1.807) is 6.33 Å². The lowest BCUT2D eigenvalue weighted by Crippen LogP contribution is -2.34. The average molecular weight is 428 g/mol. The zero-order valence-corrected chi connectivity index (χ0v) is 16.7. The number of pyridine rings is 1. The molecule has 1 aliphatic rings. The molecule has 0 aliphatic carbocycles. The Morgan fingerprint density at radius 3 is 2.55 bits per heavy atom. The second kappa shape index (κ2) is 8.63. The van der Waals surface area contributed by atoms with Crippen LogP contribution in [0.15, 0.2) is 36.8 Å². The topological polar surface area (TPSA) is 79.9 Å². The van der Waals surface area contributed by atoms with E-state index in [0.29, 0.717) is 35.5 Å². The quantitative estimate of drug-likeness (QED) is 0.574. The lowest BCUT2D eigenvalue weighted by Gasteiger charge is -2.35. The Kier molecular flexibility index (Phi) is 5.75. The van der Waals surface area contributed by atoms with E-state index in [2.05, 4.69) is 21.3 Å². The number of aromatic nitrogens is 4. The van der Waals surface area contributed by atoms with Crippen LogP contribution < -0.4 is 9.64 Å². The van der Waals surface area contributed by atoms with Crippen LogP contribution in [0, 0.1) is 17.3 Å². The summed E-state index contributed by atoms with van der Waals surface area (Å²) in [5.41, 5.74) is 1.48. The van der Waals surface area contributed by atoms with Crippen molar-refractivity contribution >= 4 is 5.69 Å². The Morgan fingerprint density at radius 1 is 1.19 bits per heavy atom. The van der Waals surface area contributed by atoms with Crippen molar-refractivity contribution in [2.75, 3.05) is 18.0 Å². The Labute approximate surface area is 176 Å². The second-order valence-corrected chi connectivity index (χ2v) is 7.26. The average Bonchev–Trinajstić information content (AvgIpc) is 3.20. The van der Waals surface area contributed by atoms with Gasteiger partial charge in [0, 0.05) is 37.8 Å². The molecule has 0 amide bonds. The number of nitrogens with zero attached hydrogens (tertiary/aromatic N) is 6. The lowest BCUT2D eigenvalue weighted by molar-refractivity contribution is -0.0494. The molecule has 160 valence electrons. The number of hydrogen-bond donors (Lipinski definition) is 0. The van der Waals surface area contributed by atoms with Gasteiger partial charge in [-0.15, -0.1) is 10.2 Å². The first kappa shape index (κ1) is 20.7. The summed E-state index contributed by atoms with van der Waals surface area (Å²) in [6, 6.07) is 7.51. The Hall–Kier alpha value is -3.61. The van der Waals surface area contributed by atoms with E-state index in [1.807, 2.05) is 16.5 Å². The first-order valence-corrected chi connectivity index (χ1v) is 9.70. The van der Waals surface area contributed by atoms with Crippen LogP contribution >= 0.6 is 0 Å². The van der Waals surface area contributed by atoms with Crippen molar-refractivity contribution in [3.63, 3.8) is 0 Å². The Bertz CT molecular complexity index is 1100. The van der Waals surface area contributed by atoms with Crippen LogP contribution in [-0.4, -0.2) is 39.4 Å². The fourth-order valence-electron chi connectivity index (χ4n) is 4.01. The number of rotatable bonds is 5. The van der Waals surface area contributed by atoms with E-state index >= 15 is 0 Å². The number of hydrogen-bond acceptors (Lipinski definition) is 6. The molecule has 4 rings (SSSR count). The summed E-state index contributed by atoms with van der Waals surface area (Å²) < 4.78 is 46.2. The fraction of sp³-hybridized carbons (Fsp3) is 0.333. The van der Waals surface area contributed by atoms with Crippen LogP contribution in [0.4, 0.5) is 18.9 Å². The standard InChI is InChI=1S/C21H19F3N6O/c1-29-12-27-28-20(29)13-6-8-30(9-7-13)19-14(10-25)2-4-16(31-21(23)24)18(19)15-3-5-17(22)26-11-15/h2-5,11-13,21H,6-9H2,1H3. The summed E-state index contributed by atoms with van der Waals surface area (Å²) in [4.78, 5) is 5.62. The smallest absolute Gasteiger partial charge is 0.387 e. The molecule has 0 atom stereocenters. The highest BCUT2D eigenvalue weighted by atomic mass is 19.3. The summed E-state index contributed by atoms with van der Waals surface area (Å²) >= 11 is 0. The van der Waals surface area contributed by atoms with Crippen LogP contribution in [0.2, 0.25) is 0 Å². The molecule has 1 fully saturated rings. The number of ether oxygens (including phenoxy) is 1. The van der Waals surface area contributed by atoms with Gasteiger partial charge in [-0.05, 0) is 37.1 Å². The number of nitriles is 1. The first-order valence-electron chi connectivity index (χ1n) is 9.70. The van der Waals surface area contributed by atoms with Gasteiger partial charge < -0.3 is 14.2 Å². The van der Waals surface area contributed by atoms with E-state index in [0.717, 1.165) is 24.7 Å². The Morgan fingerprint density at radius 2 is 1.97 bits per heavy atom. The van der Waals surface area contributed by atoms with Crippen molar-refractivity contribution in [3.05, 3.63) is 54.1 Å². The monoisotopic (exact) mass is 428 g/mol. The molecule has 0 saturated carbocycles. The molecule has 1 saturated heterocycles. The predicted molar refractivity (Wildman–Crippen MR) is 106 cm³/mol. The highest BCUT2D eigenvalue weighted by Gasteiger charge is 2.29. The molecular formula is C21H19F3N6O. The van der Waals surface area contributed by atoms with Gasteiger partial charge in [-0.2, -0.15) is 18.4 Å². The van der Waals surface area contributed by atoms with Crippen LogP contribution in [0.1, 0.15) is 30.1 Å². The molecule has 0 N–H and O–H groups in total. The summed E-state index contributed by atoms with van der Waals surface area (Å²) in [5.74, 6) is 0.305. The summed E-state index contributed by atoms with van der Waals surface area (Å²) in [7, 11) is 1.89. The van der Waals surface area contributed by atoms with Crippen molar-refractivity contribution in [2.24, 2.45) is 7.05 Å². The normalized spacial score (nSPS) is 14.6. The van der Waals surface area contributed by atoms with Gasteiger partial charge in [0.25, 0.3) is 0 Å². The number of anilines is 1. The van der Waals surface area contributed by atoms with Gasteiger partial charge in [0.1, 0.15) is 24.0 Å². The number of piperidine rings is 1. The van der Waals surface area contributed by atoms with E-state index in [1.165, 1.54) is 24.4 Å². The van der Waals surface area contributed by atoms with Crippen molar-refractivity contribution < 1.29 is 17.9 Å².